The molecule has 0 bridgehead atoms. The van der Waals surface area contributed by atoms with E-state index in [1.165, 1.54) is 11.8 Å². The lowest BCUT2D eigenvalue weighted by Gasteiger charge is -2.20. The average Bonchev–Trinajstić information content (AvgIpc) is 2.99. The van der Waals surface area contributed by atoms with Crippen LogP contribution in [0.15, 0.2) is 46.3 Å². The van der Waals surface area contributed by atoms with Crippen molar-refractivity contribution in [3.05, 3.63) is 58.0 Å². The topological polar surface area (TPSA) is 81.8 Å². The predicted molar refractivity (Wildman–Crippen MR) is 99.7 cm³/mol. The van der Waals surface area contributed by atoms with Crippen molar-refractivity contribution in [1.82, 2.24) is 19.9 Å². The third-order valence-corrected chi connectivity index (χ3v) is 4.74. The smallest absolute Gasteiger partial charge is 0.275 e. The summed E-state index contributed by atoms with van der Waals surface area (Å²) in [4.78, 5) is 36.4. The van der Waals surface area contributed by atoms with Crippen LogP contribution < -0.4 is 5.56 Å². The molecular weight excluding hydrogens is 336 g/mol. The van der Waals surface area contributed by atoms with E-state index in [0.717, 1.165) is 11.3 Å². The number of amides is 1. The molecule has 130 valence electrons. The summed E-state index contributed by atoms with van der Waals surface area (Å²) >= 11 is 1.25. The molecular formula is C18H20N4O2S. The fourth-order valence-corrected chi connectivity index (χ4v) is 3.37. The summed E-state index contributed by atoms with van der Waals surface area (Å²) in [6, 6.07) is 11.7. The molecule has 2 heterocycles. The number of thioether (sulfide) groups is 1. The molecule has 3 rings (SSSR count). The van der Waals surface area contributed by atoms with Crippen molar-refractivity contribution in [2.75, 3.05) is 12.3 Å². The van der Waals surface area contributed by atoms with Gasteiger partial charge in [-0.25, -0.2) is 4.98 Å². The first-order valence-electron chi connectivity index (χ1n) is 8.11. The molecule has 0 saturated carbocycles. The maximum atomic E-state index is 12.5. The highest BCUT2D eigenvalue weighted by molar-refractivity contribution is 7.99. The highest BCUT2D eigenvalue weighted by Crippen LogP contribution is 2.16. The SMILES string of the molecule is CCN(Cc1ccccc1)C(=O)CSc1nc2cc(C)[nH]c2c(=O)[nH]1. The van der Waals surface area contributed by atoms with Gasteiger partial charge < -0.3 is 9.88 Å². The van der Waals surface area contributed by atoms with Crippen molar-refractivity contribution in [3.8, 4) is 0 Å². The number of aryl methyl sites for hydroxylation is 1. The van der Waals surface area contributed by atoms with E-state index in [9.17, 15) is 9.59 Å². The molecule has 0 spiro atoms. The molecule has 0 atom stereocenters. The standard InChI is InChI=1S/C18H20N4O2S/c1-3-22(10-13-7-5-4-6-8-13)15(23)11-25-18-20-14-9-12(2)19-16(14)17(24)21-18/h4-9,19H,3,10-11H2,1-2H3,(H,20,21,24). The zero-order valence-corrected chi connectivity index (χ0v) is 15.0. The van der Waals surface area contributed by atoms with Crippen molar-refractivity contribution < 1.29 is 4.79 Å². The van der Waals surface area contributed by atoms with Gasteiger partial charge in [0.25, 0.3) is 5.56 Å². The van der Waals surface area contributed by atoms with Crippen LogP contribution >= 0.6 is 11.8 Å². The summed E-state index contributed by atoms with van der Waals surface area (Å²) in [6.07, 6.45) is 0. The first kappa shape index (κ1) is 17.3. The van der Waals surface area contributed by atoms with Crippen LogP contribution in [-0.4, -0.2) is 38.1 Å². The molecule has 6 nitrogen and oxygen atoms in total. The summed E-state index contributed by atoms with van der Waals surface area (Å²) in [5, 5.41) is 0.459. The summed E-state index contributed by atoms with van der Waals surface area (Å²) in [6.45, 7) is 5.05. The number of rotatable bonds is 6. The number of hydrogen-bond acceptors (Lipinski definition) is 4. The van der Waals surface area contributed by atoms with E-state index in [1.807, 2.05) is 50.2 Å². The molecule has 0 fully saturated rings. The number of H-pyrrole nitrogens is 2. The molecule has 2 aromatic heterocycles. The maximum absolute atomic E-state index is 12.5. The van der Waals surface area contributed by atoms with Crippen molar-refractivity contribution in [1.29, 1.82) is 0 Å². The van der Waals surface area contributed by atoms with E-state index in [2.05, 4.69) is 15.0 Å². The van der Waals surface area contributed by atoms with Gasteiger partial charge in [-0.3, -0.25) is 14.6 Å². The Morgan fingerprint density at radius 3 is 2.72 bits per heavy atom. The van der Waals surface area contributed by atoms with Crippen molar-refractivity contribution in [3.63, 3.8) is 0 Å². The molecule has 7 heteroatoms. The van der Waals surface area contributed by atoms with Crippen LogP contribution in [0, 0.1) is 6.92 Å². The Bertz CT molecular complexity index is 933. The molecule has 25 heavy (non-hydrogen) atoms. The lowest BCUT2D eigenvalue weighted by Crippen LogP contribution is -2.31. The first-order valence-corrected chi connectivity index (χ1v) is 9.09. The largest absolute Gasteiger partial charge is 0.353 e. The average molecular weight is 356 g/mol. The van der Waals surface area contributed by atoms with Gasteiger partial charge in [-0.15, -0.1) is 0 Å². The molecule has 0 radical (unpaired) electrons. The number of nitrogens with one attached hydrogen (secondary N) is 2. The summed E-state index contributed by atoms with van der Waals surface area (Å²) in [7, 11) is 0. The van der Waals surface area contributed by atoms with Crippen LogP contribution in [0.25, 0.3) is 11.0 Å². The van der Waals surface area contributed by atoms with E-state index in [-0.39, 0.29) is 17.2 Å². The third-order valence-electron chi connectivity index (χ3n) is 3.88. The van der Waals surface area contributed by atoms with Gasteiger partial charge in [0.1, 0.15) is 5.52 Å². The van der Waals surface area contributed by atoms with Gasteiger partial charge in [-0.1, -0.05) is 42.1 Å². The Labute approximate surface area is 149 Å². The second-order valence-electron chi connectivity index (χ2n) is 5.77. The highest BCUT2D eigenvalue weighted by atomic mass is 32.2. The van der Waals surface area contributed by atoms with Crippen molar-refractivity contribution in [2.45, 2.75) is 25.5 Å². The number of carbonyl (C=O) groups is 1. The highest BCUT2D eigenvalue weighted by Gasteiger charge is 2.14. The molecule has 0 saturated heterocycles. The van der Waals surface area contributed by atoms with E-state index in [4.69, 9.17) is 0 Å². The first-order chi connectivity index (χ1) is 12.1. The Hall–Kier alpha value is -2.54. The quantitative estimate of drug-likeness (QED) is 0.525. The minimum Gasteiger partial charge on any atom is -0.353 e. The molecule has 0 unspecified atom stereocenters. The molecule has 0 aliphatic rings. The monoisotopic (exact) mass is 356 g/mol. The minimum absolute atomic E-state index is 0.0179. The number of fused-ring (bicyclic) bond motifs is 1. The van der Waals surface area contributed by atoms with E-state index < -0.39 is 0 Å². The number of aromatic nitrogens is 3. The fourth-order valence-electron chi connectivity index (χ4n) is 2.60. The molecule has 0 aliphatic heterocycles. The molecule has 0 aliphatic carbocycles. The summed E-state index contributed by atoms with van der Waals surface area (Å²) in [5.74, 6) is 0.253. The number of aromatic amines is 2. The van der Waals surface area contributed by atoms with Gasteiger partial charge >= 0.3 is 0 Å². The Balaban J connectivity index is 1.67. The number of carbonyl (C=O) groups excluding carboxylic acids is 1. The predicted octanol–water partition coefficient (Wildman–Crippen LogP) is 2.70. The van der Waals surface area contributed by atoms with E-state index in [1.54, 1.807) is 4.90 Å². The lowest BCUT2D eigenvalue weighted by atomic mass is 10.2. The Morgan fingerprint density at radius 2 is 2.00 bits per heavy atom. The summed E-state index contributed by atoms with van der Waals surface area (Å²) < 4.78 is 0. The van der Waals surface area contributed by atoms with Crippen molar-refractivity contribution >= 4 is 28.7 Å². The molecule has 3 aromatic rings. The number of hydrogen-bond donors (Lipinski definition) is 2. The van der Waals surface area contributed by atoms with Crippen LogP contribution in [0.2, 0.25) is 0 Å². The second-order valence-corrected chi connectivity index (χ2v) is 6.73. The van der Waals surface area contributed by atoms with E-state index in [0.29, 0.717) is 29.3 Å². The normalized spacial score (nSPS) is 11.0. The van der Waals surface area contributed by atoms with Gasteiger partial charge in [0.2, 0.25) is 5.91 Å². The van der Waals surface area contributed by atoms with Crippen LogP contribution in [0.1, 0.15) is 18.2 Å². The lowest BCUT2D eigenvalue weighted by molar-refractivity contribution is -0.128. The number of benzene rings is 1. The molecule has 2 N–H and O–H groups in total. The maximum Gasteiger partial charge on any atom is 0.275 e. The van der Waals surface area contributed by atoms with Gasteiger partial charge in [0.05, 0.1) is 11.3 Å². The number of nitrogens with zero attached hydrogens (tertiary/aromatic N) is 2. The molecule has 1 aromatic carbocycles. The minimum atomic E-state index is -0.218. The zero-order valence-electron chi connectivity index (χ0n) is 14.2. The summed E-state index contributed by atoms with van der Waals surface area (Å²) in [5.41, 5.74) is 2.84. The second kappa shape index (κ2) is 7.57. The van der Waals surface area contributed by atoms with E-state index >= 15 is 0 Å². The van der Waals surface area contributed by atoms with Crippen LogP contribution in [0.3, 0.4) is 0 Å². The van der Waals surface area contributed by atoms with Crippen LogP contribution in [-0.2, 0) is 11.3 Å². The third kappa shape index (κ3) is 4.11. The zero-order chi connectivity index (χ0) is 17.8. The van der Waals surface area contributed by atoms with Gasteiger partial charge in [-0.05, 0) is 25.5 Å². The van der Waals surface area contributed by atoms with Crippen LogP contribution in [0.5, 0.6) is 0 Å². The van der Waals surface area contributed by atoms with Crippen LogP contribution in [0.4, 0.5) is 0 Å². The Kier molecular flexibility index (Phi) is 5.23. The van der Waals surface area contributed by atoms with Gasteiger partial charge in [0, 0.05) is 18.8 Å². The molecule has 1 amide bonds. The van der Waals surface area contributed by atoms with Gasteiger partial charge in [0.15, 0.2) is 5.16 Å². The van der Waals surface area contributed by atoms with Gasteiger partial charge in [-0.2, -0.15) is 0 Å². The van der Waals surface area contributed by atoms with Crippen molar-refractivity contribution in [2.24, 2.45) is 0 Å². The fraction of sp³-hybridized carbons (Fsp3) is 0.278. The Morgan fingerprint density at radius 1 is 1.24 bits per heavy atom.